The van der Waals surface area contributed by atoms with Gasteiger partial charge in [0.05, 0.1) is 23.0 Å². The minimum Gasteiger partial charge on any atom is -0.370 e. The van der Waals surface area contributed by atoms with Crippen molar-refractivity contribution in [2.75, 3.05) is 4.90 Å². The summed E-state index contributed by atoms with van der Waals surface area (Å²) in [7, 11) is -5.60. The third kappa shape index (κ3) is 4.15. The molecule has 1 aromatic carbocycles. The molecule has 1 fully saturated rings. The molecule has 1 aliphatic rings. The molecule has 0 spiro atoms. The molecule has 13 heteroatoms. The lowest BCUT2D eigenvalue weighted by Crippen LogP contribution is -2.47. The predicted molar refractivity (Wildman–Crippen MR) is 109 cm³/mol. The van der Waals surface area contributed by atoms with Crippen LogP contribution >= 0.6 is 0 Å². The van der Waals surface area contributed by atoms with E-state index in [-0.39, 0.29) is 12.1 Å². The highest BCUT2D eigenvalue weighted by Gasteiger charge is 2.55. The molecule has 2 N–H and O–H groups in total. The van der Waals surface area contributed by atoms with Crippen molar-refractivity contribution in [3.8, 4) is 0 Å². The molecule has 1 atom stereocenters. The molecule has 1 saturated heterocycles. The molecular weight excluding hydrogens is 465 g/mol. The van der Waals surface area contributed by atoms with E-state index in [0.29, 0.717) is 17.7 Å². The first-order valence-electron chi connectivity index (χ1n) is 9.47. The van der Waals surface area contributed by atoms with Gasteiger partial charge in [0.15, 0.2) is 0 Å². The summed E-state index contributed by atoms with van der Waals surface area (Å²) in [6.07, 6.45) is 2.58. The van der Waals surface area contributed by atoms with Crippen molar-refractivity contribution in [2.24, 2.45) is 5.73 Å². The fraction of sp³-hybridized carbons (Fsp3) is 0.300. The van der Waals surface area contributed by atoms with E-state index in [1.165, 1.54) is 26.2 Å². The fourth-order valence-electron chi connectivity index (χ4n) is 3.60. The van der Waals surface area contributed by atoms with Gasteiger partial charge in [0.2, 0.25) is 5.91 Å². The molecule has 1 aromatic heterocycles. The van der Waals surface area contributed by atoms with Crippen LogP contribution in [0.25, 0.3) is 0 Å². The van der Waals surface area contributed by atoms with Crippen LogP contribution in [0.5, 0.6) is 0 Å². The number of rotatable bonds is 6. The van der Waals surface area contributed by atoms with Crippen molar-refractivity contribution in [2.45, 2.75) is 42.3 Å². The Kier molecular flexibility index (Phi) is 5.96. The fourth-order valence-corrected chi connectivity index (χ4v) is 4.36. The normalized spacial score (nSPS) is 17.4. The lowest BCUT2D eigenvalue weighted by atomic mass is 9.96. The number of anilines is 1. The Balaban J connectivity index is 2.04. The van der Waals surface area contributed by atoms with Gasteiger partial charge in [-0.05, 0) is 55.8 Å². The molecule has 2 heterocycles. The van der Waals surface area contributed by atoms with Crippen LogP contribution in [0.1, 0.15) is 31.9 Å². The van der Waals surface area contributed by atoms with E-state index in [0.717, 1.165) is 21.9 Å². The van der Waals surface area contributed by atoms with Crippen molar-refractivity contribution >= 4 is 33.4 Å². The molecule has 9 nitrogen and oxygen atoms in total. The highest BCUT2D eigenvalue weighted by atomic mass is 32.2. The summed E-state index contributed by atoms with van der Waals surface area (Å²) in [6, 6.07) is 4.54. The number of nitrogens with two attached hydrogens (primary N) is 1. The molecule has 0 saturated carbocycles. The van der Waals surface area contributed by atoms with Crippen LogP contribution in [0.3, 0.4) is 0 Å². The standard InChI is InChI=1S/C20H19F3N4O5S/c1-19(2)17(29)26(13-3-5-14(6-4-13)33(31,32)20(21,22)23)18(30)27(19)15(11-16(24)28)12-7-9-25-10-8-12/h3-10,15H,11H2,1-2H3,(H2,24,28). The van der Waals surface area contributed by atoms with Gasteiger partial charge in [0.25, 0.3) is 15.7 Å². The smallest absolute Gasteiger partial charge is 0.370 e. The van der Waals surface area contributed by atoms with E-state index in [2.05, 4.69) is 4.98 Å². The second-order valence-electron chi connectivity index (χ2n) is 7.76. The summed E-state index contributed by atoms with van der Waals surface area (Å²) < 4.78 is 61.6. The third-order valence-electron chi connectivity index (χ3n) is 5.23. The molecule has 2 aromatic rings. The van der Waals surface area contributed by atoms with Crippen LogP contribution in [-0.2, 0) is 19.4 Å². The number of primary amides is 1. The highest BCUT2D eigenvalue weighted by molar-refractivity contribution is 7.92. The second kappa shape index (κ2) is 8.14. The second-order valence-corrected chi connectivity index (χ2v) is 9.70. The van der Waals surface area contributed by atoms with Crippen molar-refractivity contribution in [3.05, 3.63) is 54.4 Å². The summed E-state index contributed by atoms with van der Waals surface area (Å²) in [4.78, 5) is 42.9. The van der Waals surface area contributed by atoms with Gasteiger partial charge in [0, 0.05) is 12.4 Å². The minimum absolute atomic E-state index is 0.130. The summed E-state index contributed by atoms with van der Waals surface area (Å²) >= 11 is 0. The molecule has 3 rings (SSSR count). The predicted octanol–water partition coefficient (Wildman–Crippen LogP) is 2.54. The monoisotopic (exact) mass is 484 g/mol. The number of aromatic nitrogens is 1. The molecule has 0 bridgehead atoms. The van der Waals surface area contributed by atoms with Crippen LogP contribution in [0.15, 0.2) is 53.7 Å². The number of halogens is 3. The first kappa shape index (κ1) is 24.2. The van der Waals surface area contributed by atoms with Crippen LogP contribution in [0.2, 0.25) is 0 Å². The molecule has 33 heavy (non-hydrogen) atoms. The van der Waals surface area contributed by atoms with Gasteiger partial charge < -0.3 is 10.6 Å². The van der Waals surface area contributed by atoms with Crippen molar-refractivity contribution < 1.29 is 36.0 Å². The van der Waals surface area contributed by atoms with Gasteiger partial charge in [-0.3, -0.25) is 14.6 Å². The van der Waals surface area contributed by atoms with E-state index in [1.807, 2.05) is 0 Å². The Morgan fingerprint density at radius 2 is 1.64 bits per heavy atom. The number of pyridine rings is 1. The first-order chi connectivity index (χ1) is 15.2. The summed E-state index contributed by atoms with van der Waals surface area (Å²) in [5.41, 5.74) is -1.23. The van der Waals surface area contributed by atoms with Crippen LogP contribution in [0.4, 0.5) is 23.7 Å². The number of urea groups is 1. The van der Waals surface area contributed by atoms with Gasteiger partial charge in [0.1, 0.15) is 5.54 Å². The molecule has 0 radical (unpaired) electrons. The number of imide groups is 1. The van der Waals surface area contributed by atoms with Crippen LogP contribution in [-0.4, -0.2) is 47.2 Å². The highest BCUT2D eigenvalue weighted by Crippen LogP contribution is 2.40. The lowest BCUT2D eigenvalue weighted by molar-refractivity contribution is -0.125. The number of hydrogen-bond donors (Lipinski definition) is 1. The Hall–Kier alpha value is -3.48. The molecule has 0 aliphatic carbocycles. The number of carbonyl (C=O) groups excluding carboxylic acids is 3. The Morgan fingerprint density at radius 1 is 1.09 bits per heavy atom. The largest absolute Gasteiger partial charge is 0.501 e. The molecule has 4 amide bonds. The Labute approximate surface area is 186 Å². The van der Waals surface area contributed by atoms with E-state index >= 15 is 0 Å². The Morgan fingerprint density at radius 3 is 2.12 bits per heavy atom. The van der Waals surface area contributed by atoms with Gasteiger partial charge in [-0.2, -0.15) is 13.2 Å². The summed E-state index contributed by atoms with van der Waals surface area (Å²) in [6.45, 7) is 2.90. The number of sulfone groups is 1. The molecule has 1 aliphatic heterocycles. The number of carbonyl (C=O) groups is 3. The van der Waals surface area contributed by atoms with Gasteiger partial charge in [-0.15, -0.1) is 0 Å². The topological polar surface area (TPSA) is 131 Å². The zero-order chi connectivity index (χ0) is 24.8. The summed E-state index contributed by atoms with van der Waals surface area (Å²) in [5, 5.41) is 0. The van der Waals surface area contributed by atoms with E-state index < -0.39 is 49.7 Å². The molecule has 176 valence electrons. The van der Waals surface area contributed by atoms with E-state index in [4.69, 9.17) is 5.73 Å². The minimum atomic E-state index is -5.60. The maximum Gasteiger partial charge on any atom is 0.501 e. The van der Waals surface area contributed by atoms with E-state index in [1.54, 1.807) is 12.1 Å². The first-order valence-corrected chi connectivity index (χ1v) is 11.0. The zero-order valence-corrected chi connectivity index (χ0v) is 18.2. The Bertz CT molecular complexity index is 1200. The average molecular weight is 484 g/mol. The molecule has 1 unspecified atom stereocenters. The zero-order valence-electron chi connectivity index (χ0n) is 17.4. The number of amides is 4. The lowest BCUT2D eigenvalue weighted by Gasteiger charge is -2.35. The van der Waals surface area contributed by atoms with Gasteiger partial charge in [-0.1, -0.05) is 0 Å². The average Bonchev–Trinajstić information content (AvgIpc) is 2.90. The van der Waals surface area contributed by atoms with Crippen molar-refractivity contribution in [1.29, 1.82) is 0 Å². The maximum atomic E-state index is 13.3. The van der Waals surface area contributed by atoms with Crippen LogP contribution < -0.4 is 10.6 Å². The SMILES string of the molecule is CC1(C)C(=O)N(c2ccc(S(=O)(=O)C(F)(F)F)cc2)C(=O)N1C(CC(N)=O)c1ccncc1. The van der Waals surface area contributed by atoms with E-state index in [9.17, 15) is 36.0 Å². The van der Waals surface area contributed by atoms with Crippen molar-refractivity contribution in [3.63, 3.8) is 0 Å². The maximum absolute atomic E-state index is 13.3. The quantitative estimate of drug-likeness (QED) is 0.627. The molecular formula is C20H19F3N4O5S. The van der Waals surface area contributed by atoms with Crippen molar-refractivity contribution in [1.82, 2.24) is 9.88 Å². The number of hydrogen-bond acceptors (Lipinski definition) is 6. The van der Waals surface area contributed by atoms with Gasteiger partial charge >= 0.3 is 11.5 Å². The number of nitrogens with zero attached hydrogens (tertiary/aromatic N) is 3. The summed E-state index contributed by atoms with van der Waals surface area (Å²) in [5.74, 6) is -1.45. The van der Waals surface area contributed by atoms with Crippen LogP contribution in [0, 0.1) is 0 Å². The number of alkyl halides is 3. The van der Waals surface area contributed by atoms with Gasteiger partial charge in [-0.25, -0.2) is 18.1 Å². The number of benzene rings is 1. The third-order valence-corrected chi connectivity index (χ3v) is 6.74.